The highest BCUT2D eigenvalue weighted by Gasteiger charge is 2.11. The third-order valence-electron chi connectivity index (χ3n) is 2.28. The first-order valence-electron chi connectivity index (χ1n) is 5.37. The van der Waals surface area contributed by atoms with E-state index in [2.05, 4.69) is 26.1 Å². The molecule has 0 heterocycles. The molecule has 0 amide bonds. The van der Waals surface area contributed by atoms with Crippen LogP contribution in [0.15, 0.2) is 18.2 Å². The van der Waals surface area contributed by atoms with E-state index < -0.39 is 5.97 Å². The molecule has 1 aromatic carbocycles. The molecule has 0 unspecified atom stereocenters. The number of hydrogen-bond donors (Lipinski definition) is 2. The summed E-state index contributed by atoms with van der Waals surface area (Å²) in [6, 6.07) is 5.14. The number of carboxylic acids is 1. The molecule has 0 fully saturated rings. The lowest BCUT2D eigenvalue weighted by Gasteiger charge is -2.20. The number of anilines is 1. The average molecular weight is 221 g/mol. The topological polar surface area (TPSA) is 49.3 Å². The summed E-state index contributed by atoms with van der Waals surface area (Å²) in [6.45, 7) is 9.24. The molecule has 0 aliphatic carbocycles. The molecule has 0 saturated carbocycles. The molecule has 16 heavy (non-hydrogen) atoms. The normalized spacial score (nSPS) is 11.2. The summed E-state index contributed by atoms with van der Waals surface area (Å²) in [5, 5.41) is 12.2. The number of rotatable bonds is 3. The van der Waals surface area contributed by atoms with Crippen LogP contribution in [0.4, 0.5) is 5.69 Å². The van der Waals surface area contributed by atoms with E-state index in [1.165, 1.54) is 0 Å². The van der Waals surface area contributed by atoms with E-state index in [1.807, 2.05) is 13.0 Å². The van der Waals surface area contributed by atoms with Crippen molar-refractivity contribution in [2.24, 2.45) is 5.41 Å². The predicted molar refractivity (Wildman–Crippen MR) is 66.1 cm³/mol. The fourth-order valence-electron chi connectivity index (χ4n) is 1.36. The van der Waals surface area contributed by atoms with Crippen molar-refractivity contribution in [2.45, 2.75) is 27.7 Å². The predicted octanol–water partition coefficient (Wildman–Crippen LogP) is 3.15. The van der Waals surface area contributed by atoms with Gasteiger partial charge in [-0.15, -0.1) is 0 Å². The van der Waals surface area contributed by atoms with Crippen molar-refractivity contribution in [3.63, 3.8) is 0 Å². The first kappa shape index (κ1) is 12.6. The van der Waals surface area contributed by atoms with Gasteiger partial charge in [-0.2, -0.15) is 0 Å². The number of hydrogen-bond acceptors (Lipinski definition) is 2. The summed E-state index contributed by atoms with van der Waals surface area (Å²) < 4.78 is 0. The van der Waals surface area contributed by atoms with Gasteiger partial charge in [-0.3, -0.25) is 0 Å². The van der Waals surface area contributed by atoms with Crippen LogP contribution in [-0.4, -0.2) is 17.6 Å². The second kappa shape index (κ2) is 4.56. The Bertz CT molecular complexity index is 391. The van der Waals surface area contributed by atoms with E-state index in [0.717, 1.165) is 17.8 Å². The number of nitrogens with one attached hydrogen (secondary N) is 1. The lowest BCUT2D eigenvalue weighted by atomic mass is 9.96. The number of carboxylic acid groups (broad SMARTS) is 1. The molecule has 0 saturated heterocycles. The Morgan fingerprint density at radius 2 is 2.00 bits per heavy atom. The zero-order valence-corrected chi connectivity index (χ0v) is 10.3. The number of aryl methyl sites for hydroxylation is 1. The van der Waals surface area contributed by atoms with E-state index in [9.17, 15) is 4.79 Å². The minimum Gasteiger partial charge on any atom is -0.478 e. The third kappa shape index (κ3) is 3.57. The van der Waals surface area contributed by atoms with Crippen molar-refractivity contribution in [3.8, 4) is 0 Å². The molecule has 0 radical (unpaired) electrons. The minimum atomic E-state index is -0.884. The van der Waals surface area contributed by atoms with E-state index in [0.29, 0.717) is 5.56 Å². The number of aromatic carboxylic acids is 1. The van der Waals surface area contributed by atoms with Crippen molar-refractivity contribution >= 4 is 11.7 Å². The third-order valence-corrected chi connectivity index (χ3v) is 2.28. The van der Waals surface area contributed by atoms with Crippen LogP contribution < -0.4 is 5.32 Å². The van der Waals surface area contributed by atoms with Crippen molar-refractivity contribution in [1.29, 1.82) is 0 Å². The molecule has 2 N–H and O–H groups in total. The smallest absolute Gasteiger partial charge is 0.335 e. The Labute approximate surface area is 96.5 Å². The molecule has 0 spiro atoms. The second-order valence-electron chi connectivity index (χ2n) is 5.25. The first-order valence-corrected chi connectivity index (χ1v) is 5.37. The molecule has 0 bridgehead atoms. The fourth-order valence-corrected chi connectivity index (χ4v) is 1.36. The van der Waals surface area contributed by atoms with Crippen molar-refractivity contribution in [2.75, 3.05) is 11.9 Å². The fraction of sp³-hybridized carbons (Fsp3) is 0.462. The van der Waals surface area contributed by atoms with Gasteiger partial charge in [0.05, 0.1) is 5.56 Å². The van der Waals surface area contributed by atoms with Gasteiger partial charge < -0.3 is 10.4 Å². The van der Waals surface area contributed by atoms with Crippen molar-refractivity contribution in [1.82, 2.24) is 0 Å². The van der Waals surface area contributed by atoms with Gasteiger partial charge in [-0.05, 0) is 36.1 Å². The van der Waals surface area contributed by atoms with Crippen molar-refractivity contribution < 1.29 is 9.90 Å². The Hall–Kier alpha value is -1.51. The number of carbonyl (C=O) groups is 1. The van der Waals surface area contributed by atoms with Gasteiger partial charge in [0, 0.05) is 12.2 Å². The summed E-state index contributed by atoms with van der Waals surface area (Å²) in [5.74, 6) is -0.884. The zero-order valence-electron chi connectivity index (χ0n) is 10.3. The van der Waals surface area contributed by atoms with Crippen LogP contribution in [0.5, 0.6) is 0 Å². The Morgan fingerprint density at radius 3 is 2.44 bits per heavy atom. The van der Waals surface area contributed by atoms with Gasteiger partial charge in [0.2, 0.25) is 0 Å². The van der Waals surface area contributed by atoms with E-state index in [1.54, 1.807) is 12.1 Å². The monoisotopic (exact) mass is 221 g/mol. The molecule has 0 atom stereocenters. The standard InChI is InChI=1S/C13H19NO2/c1-9-7-10(12(15)16)5-6-11(9)14-8-13(2,3)4/h5-7,14H,8H2,1-4H3,(H,15,16). The molecule has 0 aliphatic heterocycles. The lowest BCUT2D eigenvalue weighted by molar-refractivity contribution is 0.0697. The van der Waals surface area contributed by atoms with Crippen LogP contribution in [0.2, 0.25) is 0 Å². The van der Waals surface area contributed by atoms with Gasteiger partial charge in [-0.1, -0.05) is 20.8 Å². The Balaban J connectivity index is 2.80. The van der Waals surface area contributed by atoms with Crippen LogP contribution in [0.25, 0.3) is 0 Å². The highest BCUT2D eigenvalue weighted by molar-refractivity contribution is 5.88. The first-order chi connectivity index (χ1) is 7.29. The zero-order chi connectivity index (χ0) is 12.3. The summed E-state index contributed by atoms with van der Waals surface area (Å²) in [5.41, 5.74) is 2.50. The average Bonchev–Trinajstić information content (AvgIpc) is 2.14. The molecule has 1 aromatic rings. The van der Waals surface area contributed by atoms with E-state index in [4.69, 9.17) is 5.11 Å². The Morgan fingerprint density at radius 1 is 1.38 bits per heavy atom. The largest absolute Gasteiger partial charge is 0.478 e. The maximum Gasteiger partial charge on any atom is 0.335 e. The quantitative estimate of drug-likeness (QED) is 0.824. The van der Waals surface area contributed by atoms with Crippen LogP contribution in [-0.2, 0) is 0 Å². The Kier molecular flexibility index (Phi) is 3.58. The summed E-state index contributed by atoms with van der Waals surface area (Å²) in [4.78, 5) is 10.8. The summed E-state index contributed by atoms with van der Waals surface area (Å²) >= 11 is 0. The highest BCUT2D eigenvalue weighted by Crippen LogP contribution is 2.19. The molecule has 0 aliphatic rings. The molecule has 1 rings (SSSR count). The van der Waals surface area contributed by atoms with Crippen LogP contribution in [0.1, 0.15) is 36.7 Å². The van der Waals surface area contributed by atoms with E-state index in [-0.39, 0.29) is 5.41 Å². The molecular weight excluding hydrogens is 202 g/mol. The van der Waals surface area contributed by atoms with E-state index >= 15 is 0 Å². The van der Waals surface area contributed by atoms with Gasteiger partial charge in [0.1, 0.15) is 0 Å². The SMILES string of the molecule is Cc1cc(C(=O)O)ccc1NCC(C)(C)C. The molecule has 0 aromatic heterocycles. The van der Waals surface area contributed by atoms with Crippen LogP contribution >= 0.6 is 0 Å². The van der Waals surface area contributed by atoms with Crippen LogP contribution in [0, 0.1) is 12.3 Å². The van der Waals surface area contributed by atoms with Crippen LogP contribution in [0.3, 0.4) is 0 Å². The maximum atomic E-state index is 10.8. The molecule has 88 valence electrons. The molecule has 3 nitrogen and oxygen atoms in total. The highest BCUT2D eigenvalue weighted by atomic mass is 16.4. The molecular formula is C13H19NO2. The summed E-state index contributed by atoms with van der Waals surface area (Å²) in [6.07, 6.45) is 0. The maximum absolute atomic E-state index is 10.8. The van der Waals surface area contributed by atoms with Gasteiger partial charge in [0.15, 0.2) is 0 Å². The van der Waals surface area contributed by atoms with Gasteiger partial charge in [-0.25, -0.2) is 4.79 Å². The molecule has 3 heteroatoms. The second-order valence-corrected chi connectivity index (χ2v) is 5.25. The van der Waals surface area contributed by atoms with Gasteiger partial charge >= 0.3 is 5.97 Å². The van der Waals surface area contributed by atoms with Gasteiger partial charge in [0.25, 0.3) is 0 Å². The van der Waals surface area contributed by atoms with Crippen molar-refractivity contribution in [3.05, 3.63) is 29.3 Å². The lowest BCUT2D eigenvalue weighted by Crippen LogP contribution is -2.19. The minimum absolute atomic E-state index is 0.206. The summed E-state index contributed by atoms with van der Waals surface area (Å²) in [7, 11) is 0. The number of benzene rings is 1.